The molecular formula is C9H18N4O6S. The number of hydrogen-bond acceptors (Lipinski definition) is 5. The Balaban J connectivity index is 3.97. The number of amides is 3. The van der Waals surface area contributed by atoms with E-state index in [9.17, 15) is 22.8 Å². The smallest absolute Gasteiger partial charge is 0.326 e. The molecule has 0 rings (SSSR count). The second-order valence-corrected chi connectivity index (χ2v) is 5.81. The molecule has 11 heteroatoms. The summed E-state index contributed by atoms with van der Waals surface area (Å²) in [6.45, 7) is 0.278. The lowest BCUT2D eigenvalue weighted by atomic mass is 10.2. The number of nitrogens with one attached hydrogen (secondary N) is 3. The van der Waals surface area contributed by atoms with E-state index in [4.69, 9.17) is 10.8 Å². The molecule has 6 N–H and O–H groups in total. The van der Waals surface area contributed by atoms with Crippen molar-refractivity contribution in [3.63, 3.8) is 0 Å². The number of carboxylic acid groups (broad SMARTS) is 1. The average Bonchev–Trinajstić information content (AvgIpc) is 2.25. The van der Waals surface area contributed by atoms with Gasteiger partial charge in [-0.25, -0.2) is 22.7 Å². The summed E-state index contributed by atoms with van der Waals surface area (Å²) in [5.74, 6) is -2.23. The van der Waals surface area contributed by atoms with E-state index >= 15 is 0 Å². The predicted molar refractivity (Wildman–Crippen MR) is 69.2 cm³/mol. The molecule has 116 valence electrons. The largest absolute Gasteiger partial charge is 0.480 e. The van der Waals surface area contributed by atoms with Crippen LogP contribution in [0.2, 0.25) is 0 Å². The molecule has 0 heterocycles. The van der Waals surface area contributed by atoms with Crippen LogP contribution in [0.1, 0.15) is 12.8 Å². The molecule has 0 aliphatic rings. The zero-order valence-electron chi connectivity index (χ0n) is 10.9. The van der Waals surface area contributed by atoms with Crippen LogP contribution >= 0.6 is 0 Å². The SMILES string of the molecule is CS(=O)(=O)NCCCNC(=O)N[C@@H](CC(N)=O)C(=O)O. The van der Waals surface area contributed by atoms with Gasteiger partial charge in [-0.2, -0.15) is 0 Å². The van der Waals surface area contributed by atoms with Crippen molar-refractivity contribution in [1.29, 1.82) is 0 Å². The number of carbonyl (C=O) groups is 3. The Kier molecular flexibility index (Phi) is 7.54. The third-order valence-corrected chi connectivity index (χ3v) is 2.74. The summed E-state index contributed by atoms with van der Waals surface area (Å²) in [5.41, 5.74) is 4.85. The van der Waals surface area contributed by atoms with E-state index in [-0.39, 0.29) is 13.1 Å². The molecule has 0 unspecified atom stereocenters. The van der Waals surface area contributed by atoms with Crippen molar-refractivity contribution in [3.05, 3.63) is 0 Å². The number of rotatable bonds is 9. The van der Waals surface area contributed by atoms with Crippen molar-refractivity contribution >= 4 is 27.9 Å². The number of hydrogen-bond donors (Lipinski definition) is 5. The summed E-state index contributed by atoms with van der Waals surface area (Å²) in [6, 6.07) is -2.18. The zero-order chi connectivity index (χ0) is 15.8. The lowest BCUT2D eigenvalue weighted by molar-refractivity contribution is -0.140. The fourth-order valence-electron chi connectivity index (χ4n) is 1.16. The third-order valence-electron chi connectivity index (χ3n) is 2.01. The maximum Gasteiger partial charge on any atom is 0.326 e. The minimum absolute atomic E-state index is 0.136. The van der Waals surface area contributed by atoms with Gasteiger partial charge in [-0.1, -0.05) is 0 Å². The van der Waals surface area contributed by atoms with Gasteiger partial charge in [-0.15, -0.1) is 0 Å². The number of nitrogens with two attached hydrogens (primary N) is 1. The summed E-state index contributed by atoms with van der Waals surface area (Å²) >= 11 is 0. The summed E-state index contributed by atoms with van der Waals surface area (Å²) in [5, 5.41) is 13.1. The van der Waals surface area contributed by atoms with E-state index in [1.54, 1.807) is 0 Å². The first-order valence-corrected chi connectivity index (χ1v) is 7.51. The van der Waals surface area contributed by atoms with Crippen molar-refractivity contribution in [2.24, 2.45) is 5.73 Å². The molecule has 0 aromatic rings. The Hall–Kier alpha value is -1.88. The maximum atomic E-state index is 11.3. The maximum absolute atomic E-state index is 11.3. The van der Waals surface area contributed by atoms with Crippen LogP contribution in [0.3, 0.4) is 0 Å². The van der Waals surface area contributed by atoms with Gasteiger partial charge in [0.05, 0.1) is 12.7 Å². The number of carboxylic acids is 1. The number of carbonyl (C=O) groups excluding carboxylic acids is 2. The Bertz CT molecular complexity index is 463. The molecule has 0 spiro atoms. The van der Waals surface area contributed by atoms with Gasteiger partial charge in [0.1, 0.15) is 6.04 Å². The van der Waals surface area contributed by atoms with E-state index in [0.29, 0.717) is 6.42 Å². The molecule has 0 radical (unpaired) electrons. The minimum Gasteiger partial charge on any atom is -0.480 e. The van der Waals surface area contributed by atoms with E-state index in [2.05, 4.69) is 15.4 Å². The Morgan fingerprint density at radius 2 is 1.85 bits per heavy atom. The minimum atomic E-state index is -3.28. The van der Waals surface area contributed by atoms with Crippen LogP contribution in [0, 0.1) is 0 Å². The van der Waals surface area contributed by atoms with E-state index in [0.717, 1.165) is 6.26 Å². The molecule has 20 heavy (non-hydrogen) atoms. The predicted octanol–water partition coefficient (Wildman–Crippen LogP) is -2.45. The van der Waals surface area contributed by atoms with Gasteiger partial charge in [-0.05, 0) is 6.42 Å². The summed E-state index contributed by atoms with van der Waals surface area (Å²) in [4.78, 5) is 32.7. The van der Waals surface area contributed by atoms with Crippen LogP contribution in [0.5, 0.6) is 0 Å². The lowest BCUT2D eigenvalue weighted by Gasteiger charge is -2.13. The Morgan fingerprint density at radius 3 is 2.30 bits per heavy atom. The van der Waals surface area contributed by atoms with Crippen molar-refractivity contribution in [1.82, 2.24) is 15.4 Å². The molecule has 10 nitrogen and oxygen atoms in total. The van der Waals surface area contributed by atoms with Crippen LogP contribution in [-0.2, 0) is 19.6 Å². The first-order valence-electron chi connectivity index (χ1n) is 5.62. The van der Waals surface area contributed by atoms with Gasteiger partial charge in [0, 0.05) is 13.1 Å². The first-order chi connectivity index (χ1) is 9.11. The van der Waals surface area contributed by atoms with Crippen LogP contribution in [0.15, 0.2) is 0 Å². The zero-order valence-corrected chi connectivity index (χ0v) is 11.7. The molecular weight excluding hydrogens is 292 g/mol. The molecule has 3 amide bonds. The van der Waals surface area contributed by atoms with Crippen LogP contribution in [0.25, 0.3) is 0 Å². The highest BCUT2D eigenvalue weighted by Crippen LogP contribution is 1.91. The van der Waals surface area contributed by atoms with E-state index < -0.39 is 40.4 Å². The van der Waals surface area contributed by atoms with Crippen LogP contribution in [0.4, 0.5) is 4.79 Å². The van der Waals surface area contributed by atoms with Crippen molar-refractivity contribution in [2.45, 2.75) is 18.9 Å². The quantitative estimate of drug-likeness (QED) is 0.296. The molecule has 1 atom stereocenters. The molecule has 0 aliphatic carbocycles. The van der Waals surface area contributed by atoms with Crippen LogP contribution < -0.4 is 21.1 Å². The van der Waals surface area contributed by atoms with Gasteiger partial charge in [0.25, 0.3) is 0 Å². The van der Waals surface area contributed by atoms with Gasteiger partial charge < -0.3 is 21.5 Å². The molecule has 0 aromatic carbocycles. The van der Waals surface area contributed by atoms with Gasteiger partial charge in [0.15, 0.2) is 0 Å². The molecule has 0 fully saturated rings. The molecule has 0 saturated carbocycles. The number of primary amides is 1. The Morgan fingerprint density at radius 1 is 1.25 bits per heavy atom. The third kappa shape index (κ3) is 10.1. The molecule has 0 bridgehead atoms. The first kappa shape index (κ1) is 18.1. The molecule has 0 aromatic heterocycles. The molecule has 0 aliphatic heterocycles. The highest BCUT2D eigenvalue weighted by molar-refractivity contribution is 7.88. The monoisotopic (exact) mass is 310 g/mol. The summed E-state index contributed by atoms with van der Waals surface area (Å²) in [6.07, 6.45) is 0.820. The van der Waals surface area contributed by atoms with Crippen LogP contribution in [-0.4, -0.2) is 56.8 Å². The lowest BCUT2D eigenvalue weighted by Crippen LogP contribution is -2.48. The standard InChI is InChI=1S/C9H18N4O6S/c1-20(18,19)12-4-2-3-11-9(17)13-6(8(15)16)5-7(10)14/h6,12H,2-5H2,1H3,(H2,10,14)(H,15,16)(H2,11,13,17)/t6-/m0/s1. The van der Waals surface area contributed by atoms with Crippen molar-refractivity contribution in [3.8, 4) is 0 Å². The van der Waals surface area contributed by atoms with Crippen molar-refractivity contribution in [2.75, 3.05) is 19.3 Å². The highest BCUT2D eigenvalue weighted by Gasteiger charge is 2.21. The number of aliphatic carboxylic acids is 1. The fourth-order valence-corrected chi connectivity index (χ4v) is 1.67. The summed E-state index contributed by atoms with van der Waals surface area (Å²) in [7, 11) is -3.28. The molecule has 0 saturated heterocycles. The van der Waals surface area contributed by atoms with Crippen molar-refractivity contribution < 1.29 is 27.9 Å². The second-order valence-electron chi connectivity index (χ2n) is 3.98. The fraction of sp³-hybridized carbons (Fsp3) is 0.667. The highest BCUT2D eigenvalue weighted by atomic mass is 32.2. The Labute approximate surface area is 116 Å². The average molecular weight is 310 g/mol. The number of sulfonamides is 1. The second kappa shape index (κ2) is 8.32. The van der Waals surface area contributed by atoms with E-state index in [1.165, 1.54) is 0 Å². The van der Waals surface area contributed by atoms with Gasteiger partial charge in [-0.3, -0.25) is 4.79 Å². The number of urea groups is 1. The van der Waals surface area contributed by atoms with E-state index in [1.807, 2.05) is 0 Å². The topological polar surface area (TPSA) is 168 Å². The summed E-state index contributed by atoms with van der Waals surface area (Å²) < 4.78 is 23.7. The van der Waals surface area contributed by atoms with Gasteiger partial charge in [0.2, 0.25) is 15.9 Å². The normalized spacial score (nSPS) is 12.4. The van der Waals surface area contributed by atoms with Gasteiger partial charge >= 0.3 is 12.0 Å².